The number of rotatable bonds is 29. The minimum Gasteiger partial charge on any atom is -0.462 e. The molecular formula is C39H64O4. The van der Waals surface area contributed by atoms with Crippen LogP contribution in [0.3, 0.4) is 0 Å². The van der Waals surface area contributed by atoms with Gasteiger partial charge in [0.1, 0.15) is 12.7 Å². The molecule has 0 aliphatic carbocycles. The fourth-order valence-corrected chi connectivity index (χ4v) is 4.24. The number of hydrogen-bond acceptors (Lipinski definition) is 4. The maximum absolute atomic E-state index is 12.1. The average Bonchev–Trinajstić information content (AvgIpc) is 3.00. The highest BCUT2D eigenvalue weighted by Crippen LogP contribution is 2.07. The Kier molecular flexibility index (Phi) is 31.8. The zero-order valence-corrected chi connectivity index (χ0v) is 28.0. The van der Waals surface area contributed by atoms with E-state index in [1.54, 1.807) is 6.92 Å². The van der Waals surface area contributed by atoms with E-state index in [0.29, 0.717) is 12.8 Å². The van der Waals surface area contributed by atoms with E-state index in [1.807, 2.05) is 0 Å². The van der Waals surface area contributed by atoms with Gasteiger partial charge in [-0.05, 0) is 96.8 Å². The molecule has 4 nitrogen and oxygen atoms in total. The van der Waals surface area contributed by atoms with Gasteiger partial charge in [0.25, 0.3) is 0 Å². The van der Waals surface area contributed by atoms with Crippen LogP contribution in [-0.2, 0) is 19.1 Å². The second-order valence-electron chi connectivity index (χ2n) is 11.2. The Bertz CT molecular complexity index is 815. The number of unbranched alkanes of at least 4 members (excludes halogenated alkanes) is 10. The van der Waals surface area contributed by atoms with Crippen LogP contribution in [0, 0.1) is 0 Å². The molecule has 0 aliphatic heterocycles. The summed E-state index contributed by atoms with van der Waals surface area (Å²) in [6.45, 7) is 6.36. The lowest BCUT2D eigenvalue weighted by molar-refractivity contribution is -0.158. The Morgan fingerprint density at radius 3 is 1.23 bits per heavy atom. The van der Waals surface area contributed by atoms with Gasteiger partial charge in [-0.1, -0.05) is 112 Å². The van der Waals surface area contributed by atoms with Crippen molar-refractivity contribution < 1.29 is 19.1 Å². The van der Waals surface area contributed by atoms with Crippen molar-refractivity contribution in [1.29, 1.82) is 0 Å². The molecule has 0 saturated carbocycles. The summed E-state index contributed by atoms with van der Waals surface area (Å²) < 4.78 is 10.7. The monoisotopic (exact) mass is 596 g/mol. The van der Waals surface area contributed by atoms with E-state index in [1.165, 1.54) is 51.4 Å². The molecule has 0 aliphatic rings. The topological polar surface area (TPSA) is 52.6 Å². The maximum atomic E-state index is 12.1. The van der Waals surface area contributed by atoms with Crippen molar-refractivity contribution in [2.45, 2.75) is 155 Å². The van der Waals surface area contributed by atoms with E-state index in [4.69, 9.17) is 9.47 Å². The van der Waals surface area contributed by atoms with Crippen molar-refractivity contribution in [3.63, 3.8) is 0 Å². The summed E-state index contributed by atoms with van der Waals surface area (Å²) in [5, 5.41) is 0. The second kappa shape index (κ2) is 33.9. The quantitative estimate of drug-likeness (QED) is 0.0489. The van der Waals surface area contributed by atoms with Crippen molar-refractivity contribution in [2.75, 3.05) is 6.61 Å². The van der Waals surface area contributed by atoms with E-state index in [2.05, 4.69) is 86.8 Å². The number of esters is 2. The number of carbonyl (C=O) groups is 2. The average molecular weight is 597 g/mol. The third kappa shape index (κ3) is 33.7. The van der Waals surface area contributed by atoms with Crippen molar-refractivity contribution >= 4 is 11.9 Å². The van der Waals surface area contributed by atoms with Crippen LogP contribution in [0.25, 0.3) is 0 Å². The van der Waals surface area contributed by atoms with Crippen molar-refractivity contribution in [3.8, 4) is 0 Å². The Morgan fingerprint density at radius 2 is 0.837 bits per heavy atom. The predicted octanol–water partition coefficient (Wildman–Crippen LogP) is 11.6. The molecule has 0 rings (SSSR count). The standard InChI is InChI=1S/C39H64O4/c1-4-6-8-10-12-14-16-18-20-22-24-26-28-30-32-34-38(40)42-36-37(3)43-39(41)35-33-31-29-27-25-23-21-19-17-15-13-11-9-7-5-2/h12-15,18-21,24-27,37H,4-11,16-17,22-23,28-36H2,1-3H3/b14-12-,15-13-,20-18-,21-19-,26-24-,27-25-/t37-/m1/s1. The van der Waals surface area contributed by atoms with E-state index >= 15 is 0 Å². The predicted molar refractivity (Wildman–Crippen MR) is 185 cm³/mol. The lowest BCUT2D eigenvalue weighted by atomic mass is 10.1. The van der Waals surface area contributed by atoms with Crippen LogP contribution in [-0.4, -0.2) is 24.6 Å². The molecule has 0 spiro atoms. The van der Waals surface area contributed by atoms with Gasteiger partial charge in [0.2, 0.25) is 0 Å². The van der Waals surface area contributed by atoms with Gasteiger partial charge in [-0.15, -0.1) is 0 Å². The van der Waals surface area contributed by atoms with Crippen LogP contribution in [0.15, 0.2) is 72.9 Å². The van der Waals surface area contributed by atoms with E-state index in [-0.39, 0.29) is 18.5 Å². The molecule has 43 heavy (non-hydrogen) atoms. The van der Waals surface area contributed by atoms with Gasteiger partial charge < -0.3 is 9.47 Å². The lowest BCUT2D eigenvalue weighted by Gasteiger charge is -2.13. The summed E-state index contributed by atoms with van der Waals surface area (Å²) in [6, 6.07) is 0. The van der Waals surface area contributed by atoms with E-state index < -0.39 is 6.10 Å². The maximum Gasteiger partial charge on any atom is 0.306 e. The summed E-state index contributed by atoms with van der Waals surface area (Å²) in [6.07, 6.45) is 46.5. The highest BCUT2D eigenvalue weighted by molar-refractivity contribution is 5.70. The van der Waals surface area contributed by atoms with Crippen LogP contribution in [0.4, 0.5) is 0 Å². The number of ether oxygens (including phenoxy) is 2. The molecule has 0 heterocycles. The third-order valence-electron chi connectivity index (χ3n) is 6.85. The molecule has 0 saturated heterocycles. The van der Waals surface area contributed by atoms with Crippen LogP contribution >= 0.6 is 0 Å². The SMILES string of the molecule is CCCCC/C=C\C/C=C\C/C=C\CCCCC(=O)OC[C@@H](C)OC(=O)CCCC/C=C\C/C=C\C/C=C\CCCCC. The number of carbonyl (C=O) groups excluding carboxylic acids is 2. The molecular weight excluding hydrogens is 532 g/mol. The highest BCUT2D eigenvalue weighted by atomic mass is 16.6. The largest absolute Gasteiger partial charge is 0.462 e. The van der Waals surface area contributed by atoms with Crippen molar-refractivity contribution in [2.24, 2.45) is 0 Å². The van der Waals surface area contributed by atoms with Crippen molar-refractivity contribution in [1.82, 2.24) is 0 Å². The molecule has 1 atom stereocenters. The Morgan fingerprint density at radius 1 is 0.488 bits per heavy atom. The molecule has 0 radical (unpaired) electrons. The molecule has 0 aromatic carbocycles. The van der Waals surface area contributed by atoms with E-state index in [9.17, 15) is 9.59 Å². The molecule has 0 amide bonds. The lowest BCUT2D eigenvalue weighted by Crippen LogP contribution is -2.22. The van der Waals surface area contributed by atoms with Crippen LogP contribution in [0.2, 0.25) is 0 Å². The van der Waals surface area contributed by atoms with Crippen LogP contribution in [0.5, 0.6) is 0 Å². The zero-order chi connectivity index (χ0) is 31.5. The Hall–Kier alpha value is -2.62. The molecule has 0 fully saturated rings. The molecule has 4 heteroatoms. The molecule has 244 valence electrons. The van der Waals surface area contributed by atoms with Crippen molar-refractivity contribution in [3.05, 3.63) is 72.9 Å². The summed E-state index contributed by atoms with van der Waals surface area (Å²) in [5.74, 6) is -0.447. The summed E-state index contributed by atoms with van der Waals surface area (Å²) >= 11 is 0. The van der Waals surface area contributed by atoms with Gasteiger partial charge in [-0.25, -0.2) is 0 Å². The van der Waals surface area contributed by atoms with E-state index in [0.717, 1.165) is 64.2 Å². The number of hydrogen-bond donors (Lipinski definition) is 0. The molecule has 0 bridgehead atoms. The Balaban J connectivity index is 3.64. The summed E-state index contributed by atoms with van der Waals surface area (Å²) in [4.78, 5) is 24.0. The first-order chi connectivity index (χ1) is 21.1. The zero-order valence-electron chi connectivity index (χ0n) is 28.0. The first kappa shape index (κ1) is 40.4. The minimum atomic E-state index is -0.415. The normalized spacial score (nSPS) is 13.1. The molecule has 0 N–H and O–H groups in total. The molecule has 0 aromatic heterocycles. The summed E-state index contributed by atoms with van der Waals surface area (Å²) in [7, 11) is 0. The van der Waals surface area contributed by atoms with Crippen LogP contribution < -0.4 is 0 Å². The smallest absolute Gasteiger partial charge is 0.306 e. The molecule has 0 unspecified atom stereocenters. The Labute approximate surface area is 265 Å². The van der Waals surface area contributed by atoms with Gasteiger partial charge in [0.15, 0.2) is 0 Å². The van der Waals surface area contributed by atoms with Gasteiger partial charge in [-0.3, -0.25) is 9.59 Å². The van der Waals surface area contributed by atoms with Gasteiger partial charge in [0.05, 0.1) is 0 Å². The second-order valence-corrected chi connectivity index (χ2v) is 11.2. The first-order valence-corrected chi connectivity index (χ1v) is 17.3. The highest BCUT2D eigenvalue weighted by Gasteiger charge is 2.12. The fraction of sp³-hybridized carbons (Fsp3) is 0.641. The fourth-order valence-electron chi connectivity index (χ4n) is 4.24. The van der Waals surface area contributed by atoms with Gasteiger partial charge in [-0.2, -0.15) is 0 Å². The first-order valence-electron chi connectivity index (χ1n) is 17.3. The van der Waals surface area contributed by atoms with Gasteiger partial charge >= 0.3 is 11.9 Å². The van der Waals surface area contributed by atoms with Gasteiger partial charge in [0, 0.05) is 12.8 Å². The summed E-state index contributed by atoms with van der Waals surface area (Å²) in [5.41, 5.74) is 0. The molecule has 0 aromatic rings. The van der Waals surface area contributed by atoms with Crippen LogP contribution in [0.1, 0.15) is 149 Å². The minimum absolute atomic E-state index is 0.121. The number of allylic oxidation sites excluding steroid dienone is 12. The third-order valence-corrected chi connectivity index (χ3v) is 6.85.